The first-order valence-electron chi connectivity index (χ1n) is 6.03. The van der Waals surface area contributed by atoms with E-state index in [9.17, 15) is 13.6 Å². The van der Waals surface area contributed by atoms with Gasteiger partial charge in [0.1, 0.15) is 11.6 Å². The molecule has 20 heavy (non-hydrogen) atoms. The fourth-order valence-electron chi connectivity index (χ4n) is 1.82. The summed E-state index contributed by atoms with van der Waals surface area (Å²) in [4.78, 5) is 11.5. The lowest BCUT2D eigenvalue weighted by Crippen LogP contribution is -2.34. The summed E-state index contributed by atoms with van der Waals surface area (Å²) < 4.78 is 26.8. The second kappa shape index (κ2) is 5.79. The Morgan fingerprint density at radius 3 is 2.40 bits per heavy atom. The van der Waals surface area contributed by atoms with Gasteiger partial charge >= 0.3 is 0 Å². The molecule has 0 aliphatic carbocycles. The molecule has 5 heteroatoms. The van der Waals surface area contributed by atoms with Crippen LogP contribution in [-0.4, -0.2) is 18.0 Å². The second-order valence-corrected chi connectivity index (χ2v) is 4.50. The van der Waals surface area contributed by atoms with Crippen LogP contribution in [0.5, 0.6) is 0 Å². The van der Waals surface area contributed by atoms with Gasteiger partial charge in [0.05, 0.1) is 6.42 Å². The molecule has 2 aromatic rings. The number of hydrogen-bond acceptors (Lipinski definition) is 2. The molecule has 0 saturated carbocycles. The van der Waals surface area contributed by atoms with Crippen LogP contribution < -0.4 is 5.84 Å². The molecule has 104 valence electrons. The fraction of sp³-hybridized carbons (Fsp3) is 0.133. The highest BCUT2D eigenvalue weighted by Gasteiger charge is 2.09. The third kappa shape index (κ3) is 3.19. The van der Waals surface area contributed by atoms with Gasteiger partial charge in [0.25, 0.3) is 0 Å². The minimum absolute atomic E-state index is 0.166. The quantitative estimate of drug-likeness (QED) is 0.532. The van der Waals surface area contributed by atoms with E-state index in [-0.39, 0.29) is 17.9 Å². The summed E-state index contributed by atoms with van der Waals surface area (Å²) >= 11 is 0. The summed E-state index contributed by atoms with van der Waals surface area (Å²) in [6.07, 6.45) is 0.166. The molecule has 2 N–H and O–H groups in total. The van der Waals surface area contributed by atoms with Crippen molar-refractivity contribution in [2.45, 2.75) is 6.42 Å². The lowest BCUT2D eigenvalue weighted by atomic mass is 10.0. The molecular formula is C15H14F2N2O. The monoisotopic (exact) mass is 276 g/mol. The van der Waals surface area contributed by atoms with E-state index in [4.69, 9.17) is 5.84 Å². The Morgan fingerprint density at radius 1 is 1.15 bits per heavy atom. The van der Waals surface area contributed by atoms with Gasteiger partial charge in [-0.1, -0.05) is 24.3 Å². The first kappa shape index (κ1) is 14.1. The van der Waals surface area contributed by atoms with Crippen molar-refractivity contribution in [3.63, 3.8) is 0 Å². The molecule has 2 rings (SSSR count). The number of hydrogen-bond donors (Lipinski definition) is 1. The van der Waals surface area contributed by atoms with Gasteiger partial charge in [0.2, 0.25) is 5.91 Å². The third-order valence-corrected chi connectivity index (χ3v) is 2.94. The Kier molecular flexibility index (Phi) is 4.10. The Balaban J connectivity index is 2.24. The number of carbonyl (C=O) groups is 1. The summed E-state index contributed by atoms with van der Waals surface area (Å²) in [5.74, 6) is 4.12. The average Bonchev–Trinajstić information content (AvgIpc) is 2.42. The Bertz CT molecular complexity index is 624. The fourth-order valence-corrected chi connectivity index (χ4v) is 1.82. The van der Waals surface area contributed by atoms with Crippen LogP contribution in [-0.2, 0) is 11.2 Å². The summed E-state index contributed by atoms with van der Waals surface area (Å²) in [6, 6.07) is 9.99. The number of benzene rings is 2. The summed E-state index contributed by atoms with van der Waals surface area (Å²) in [5, 5.41) is 1.01. The lowest BCUT2D eigenvalue weighted by molar-refractivity contribution is -0.129. The van der Waals surface area contributed by atoms with Crippen LogP contribution in [0.1, 0.15) is 5.56 Å². The van der Waals surface area contributed by atoms with Crippen molar-refractivity contribution in [2.75, 3.05) is 7.05 Å². The lowest BCUT2D eigenvalue weighted by Gasteiger charge is -2.10. The smallest absolute Gasteiger partial charge is 0.240 e. The molecule has 0 unspecified atom stereocenters. The molecular weight excluding hydrogens is 262 g/mol. The van der Waals surface area contributed by atoms with Gasteiger partial charge in [-0.2, -0.15) is 0 Å². The number of rotatable bonds is 3. The molecule has 2 aromatic carbocycles. The normalized spacial score (nSPS) is 10.4. The first-order valence-corrected chi connectivity index (χ1v) is 6.03. The molecule has 1 amide bonds. The topological polar surface area (TPSA) is 46.3 Å². The van der Waals surface area contributed by atoms with Gasteiger partial charge in [0, 0.05) is 12.6 Å². The van der Waals surface area contributed by atoms with Crippen molar-refractivity contribution in [1.82, 2.24) is 5.01 Å². The van der Waals surface area contributed by atoms with Crippen molar-refractivity contribution in [3.05, 3.63) is 59.7 Å². The summed E-state index contributed by atoms with van der Waals surface area (Å²) in [7, 11) is 1.47. The zero-order valence-corrected chi connectivity index (χ0v) is 10.9. The Hall–Kier alpha value is -2.27. The van der Waals surface area contributed by atoms with E-state index in [0.29, 0.717) is 5.56 Å². The van der Waals surface area contributed by atoms with Crippen LogP contribution in [0.2, 0.25) is 0 Å². The van der Waals surface area contributed by atoms with Crippen molar-refractivity contribution in [3.8, 4) is 11.1 Å². The van der Waals surface area contributed by atoms with E-state index in [1.165, 1.54) is 7.05 Å². The SMILES string of the molecule is CN(N)C(=O)Cc1ccc(-c2cc(F)ccc2F)cc1. The summed E-state index contributed by atoms with van der Waals surface area (Å²) in [6.45, 7) is 0. The van der Waals surface area contributed by atoms with Gasteiger partial charge in [-0.05, 0) is 29.3 Å². The molecule has 0 fully saturated rings. The van der Waals surface area contributed by atoms with Crippen LogP contribution in [0, 0.1) is 11.6 Å². The molecule has 0 aliphatic heterocycles. The predicted octanol–water partition coefficient (Wildman–Crippen LogP) is 2.51. The maximum atomic E-state index is 13.6. The predicted molar refractivity (Wildman–Crippen MR) is 72.5 cm³/mol. The zero-order chi connectivity index (χ0) is 14.7. The van der Waals surface area contributed by atoms with Gasteiger partial charge in [-0.25, -0.2) is 14.6 Å². The Morgan fingerprint density at radius 2 is 1.80 bits per heavy atom. The maximum Gasteiger partial charge on any atom is 0.240 e. The van der Waals surface area contributed by atoms with Gasteiger partial charge in [0.15, 0.2) is 0 Å². The number of carbonyl (C=O) groups excluding carboxylic acids is 1. The maximum absolute atomic E-state index is 13.6. The number of hydrazine groups is 1. The molecule has 0 atom stereocenters. The van der Waals surface area contributed by atoms with E-state index in [1.807, 2.05) is 0 Å². The van der Waals surface area contributed by atoms with Gasteiger partial charge in [-0.3, -0.25) is 9.80 Å². The number of halogens is 2. The van der Waals surface area contributed by atoms with Crippen molar-refractivity contribution >= 4 is 5.91 Å². The standard InChI is InChI=1S/C15H14F2N2O/c1-19(18)15(20)8-10-2-4-11(5-3-10)13-9-12(16)6-7-14(13)17/h2-7,9H,8,18H2,1H3. The van der Waals surface area contributed by atoms with Gasteiger partial charge in [-0.15, -0.1) is 0 Å². The highest BCUT2D eigenvalue weighted by atomic mass is 19.1. The highest BCUT2D eigenvalue weighted by Crippen LogP contribution is 2.24. The van der Waals surface area contributed by atoms with Gasteiger partial charge < -0.3 is 0 Å². The van der Waals surface area contributed by atoms with Crippen molar-refractivity contribution in [1.29, 1.82) is 0 Å². The van der Waals surface area contributed by atoms with Crippen LogP contribution in [0.3, 0.4) is 0 Å². The molecule has 0 saturated heterocycles. The van der Waals surface area contributed by atoms with Crippen molar-refractivity contribution < 1.29 is 13.6 Å². The molecule has 3 nitrogen and oxygen atoms in total. The molecule has 0 bridgehead atoms. The minimum Gasteiger partial charge on any atom is -0.284 e. The van der Waals surface area contributed by atoms with E-state index in [1.54, 1.807) is 24.3 Å². The molecule has 0 aliphatic rings. The number of nitrogens with zero attached hydrogens (tertiary/aromatic N) is 1. The van der Waals surface area contributed by atoms with E-state index in [2.05, 4.69) is 0 Å². The largest absolute Gasteiger partial charge is 0.284 e. The molecule has 0 radical (unpaired) electrons. The zero-order valence-electron chi connectivity index (χ0n) is 10.9. The van der Waals surface area contributed by atoms with Crippen LogP contribution in [0.25, 0.3) is 11.1 Å². The molecule has 0 aromatic heterocycles. The third-order valence-electron chi connectivity index (χ3n) is 2.94. The first-order chi connectivity index (χ1) is 9.47. The minimum atomic E-state index is -0.495. The number of nitrogens with two attached hydrogens (primary N) is 1. The number of amides is 1. The van der Waals surface area contributed by atoms with Crippen LogP contribution in [0.15, 0.2) is 42.5 Å². The second-order valence-electron chi connectivity index (χ2n) is 4.50. The van der Waals surface area contributed by atoms with Crippen LogP contribution in [0.4, 0.5) is 8.78 Å². The van der Waals surface area contributed by atoms with E-state index >= 15 is 0 Å². The van der Waals surface area contributed by atoms with Crippen LogP contribution >= 0.6 is 0 Å². The Labute approximate surface area is 115 Å². The molecule has 0 spiro atoms. The highest BCUT2D eigenvalue weighted by molar-refractivity contribution is 5.78. The van der Waals surface area contributed by atoms with E-state index in [0.717, 1.165) is 28.8 Å². The number of likely N-dealkylation sites (N-methyl/N-ethyl adjacent to an activating group) is 1. The van der Waals surface area contributed by atoms with Crippen molar-refractivity contribution in [2.24, 2.45) is 5.84 Å². The average molecular weight is 276 g/mol. The van der Waals surface area contributed by atoms with E-state index < -0.39 is 11.6 Å². The summed E-state index contributed by atoms with van der Waals surface area (Å²) in [5.41, 5.74) is 1.51. The molecule has 0 heterocycles.